The van der Waals surface area contributed by atoms with Crippen molar-refractivity contribution in [3.8, 4) is 5.75 Å². The summed E-state index contributed by atoms with van der Waals surface area (Å²) < 4.78 is 7.38. The van der Waals surface area contributed by atoms with Gasteiger partial charge in [-0.05, 0) is 26.0 Å². The lowest BCUT2D eigenvalue weighted by atomic mass is 10.1. The van der Waals surface area contributed by atoms with Crippen LogP contribution in [-0.4, -0.2) is 21.0 Å². The molecule has 0 saturated heterocycles. The largest absolute Gasteiger partial charge is 0.491 e. The Kier molecular flexibility index (Phi) is 3.67. The molecule has 1 unspecified atom stereocenters. The molecule has 0 aliphatic carbocycles. The lowest BCUT2D eigenvalue weighted by molar-refractivity contribution is 0.191. The second-order valence-corrected chi connectivity index (χ2v) is 4.49. The summed E-state index contributed by atoms with van der Waals surface area (Å²) in [6.07, 6.45) is 1.02. The summed E-state index contributed by atoms with van der Waals surface area (Å²) >= 11 is 0. The highest BCUT2D eigenvalue weighted by atomic mass is 16.5. The van der Waals surface area contributed by atoms with E-state index in [9.17, 15) is 5.11 Å². The van der Waals surface area contributed by atoms with Crippen LogP contribution in [0.1, 0.15) is 31.2 Å². The van der Waals surface area contributed by atoms with E-state index in [4.69, 9.17) is 4.74 Å². The number of ether oxygens (including phenoxy) is 1. The number of nitrogens with zero attached hydrogens (tertiary/aromatic N) is 2. The number of aromatic nitrogens is 2. The van der Waals surface area contributed by atoms with E-state index in [-0.39, 0.29) is 6.10 Å². The maximum absolute atomic E-state index is 10.4. The summed E-state index contributed by atoms with van der Waals surface area (Å²) in [7, 11) is 1.81. The van der Waals surface area contributed by atoms with Crippen LogP contribution in [0, 0.1) is 0 Å². The van der Waals surface area contributed by atoms with Crippen LogP contribution < -0.4 is 4.74 Å². The Morgan fingerprint density at radius 3 is 2.56 bits per heavy atom. The Bertz CT molecular complexity index is 520. The number of aliphatic hydroxyl groups is 1. The van der Waals surface area contributed by atoms with Gasteiger partial charge < -0.3 is 9.84 Å². The summed E-state index contributed by atoms with van der Waals surface area (Å²) in [5.74, 6) is 0.709. The number of aryl methyl sites for hydroxylation is 1. The second-order valence-electron chi connectivity index (χ2n) is 4.49. The quantitative estimate of drug-likeness (QED) is 0.900. The maximum Gasteiger partial charge on any atom is 0.125 e. The molecule has 2 rings (SSSR count). The third kappa shape index (κ3) is 2.54. The zero-order valence-corrected chi connectivity index (χ0v) is 10.9. The number of rotatable bonds is 4. The molecule has 2 aromatic rings. The first kappa shape index (κ1) is 12.6. The summed E-state index contributed by atoms with van der Waals surface area (Å²) in [6.45, 7) is 3.93. The predicted molar refractivity (Wildman–Crippen MR) is 69.5 cm³/mol. The minimum atomic E-state index is -0.729. The van der Waals surface area contributed by atoms with Gasteiger partial charge in [-0.1, -0.05) is 18.2 Å². The number of hydrogen-bond acceptors (Lipinski definition) is 3. The molecule has 0 spiro atoms. The highest BCUT2D eigenvalue weighted by Gasteiger charge is 2.18. The normalized spacial score (nSPS) is 12.7. The second kappa shape index (κ2) is 5.23. The fourth-order valence-corrected chi connectivity index (χ4v) is 1.88. The smallest absolute Gasteiger partial charge is 0.125 e. The standard InChI is InChI=1S/C14H18N2O2/c1-10(2)18-13-7-5-4-6-11(13)14(17)12-8-9-15-16(12)3/h4-10,14,17H,1-3H3. The number of aliphatic hydroxyl groups excluding tert-OH is 1. The molecule has 0 aliphatic rings. The molecular formula is C14H18N2O2. The van der Waals surface area contributed by atoms with Crippen molar-refractivity contribution in [2.24, 2.45) is 7.05 Å². The van der Waals surface area contributed by atoms with E-state index in [0.717, 1.165) is 11.3 Å². The van der Waals surface area contributed by atoms with Gasteiger partial charge in [0.2, 0.25) is 0 Å². The Morgan fingerprint density at radius 1 is 1.22 bits per heavy atom. The van der Waals surface area contributed by atoms with Gasteiger partial charge in [-0.15, -0.1) is 0 Å². The Hall–Kier alpha value is -1.81. The van der Waals surface area contributed by atoms with Gasteiger partial charge in [0, 0.05) is 18.8 Å². The molecular weight excluding hydrogens is 228 g/mol. The first-order chi connectivity index (χ1) is 8.59. The molecule has 0 bridgehead atoms. The van der Waals surface area contributed by atoms with Crippen molar-refractivity contribution in [2.45, 2.75) is 26.1 Å². The molecule has 0 fully saturated rings. The molecule has 1 atom stereocenters. The van der Waals surface area contributed by atoms with Crippen LogP contribution in [0.3, 0.4) is 0 Å². The van der Waals surface area contributed by atoms with E-state index >= 15 is 0 Å². The van der Waals surface area contributed by atoms with Crippen LogP contribution in [-0.2, 0) is 7.05 Å². The van der Waals surface area contributed by atoms with Crippen LogP contribution in [0.4, 0.5) is 0 Å². The average molecular weight is 246 g/mol. The zero-order valence-electron chi connectivity index (χ0n) is 10.9. The average Bonchev–Trinajstić information content (AvgIpc) is 2.74. The van der Waals surface area contributed by atoms with Crippen LogP contribution in [0.25, 0.3) is 0 Å². The van der Waals surface area contributed by atoms with Gasteiger partial charge in [0.25, 0.3) is 0 Å². The van der Waals surface area contributed by atoms with Crippen LogP contribution in [0.2, 0.25) is 0 Å². The Labute approximate surface area is 107 Å². The van der Waals surface area contributed by atoms with E-state index < -0.39 is 6.10 Å². The highest BCUT2D eigenvalue weighted by Crippen LogP contribution is 2.30. The van der Waals surface area contributed by atoms with Crippen molar-refractivity contribution >= 4 is 0 Å². The molecule has 1 aromatic heterocycles. The maximum atomic E-state index is 10.4. The van der Waals surface area contributed by atoms with Crippen LogP contribution in [0.5, 0.6) is 5.75 Å². The molecule has 1 N–H and O–H groups in total. The van der Waals surface area contributed by atoms with Crippen LogP contribution in [0.15, 0.2) is 36.5 Å². The number of benzene rings is 1. The lowest BCUT2D eigenvalue weighted by Crippen LogP contribution is -2.11. The first-order valence-corrected chi connectivity index (χ1v) is 6.01. The predicted octanol–water partition coefficient (Wildman–Crippen LogP) is 2.29. The minimum Gasteiger partial charge on any atom is -0.491 e. The topological polar surface area (TPSA) is 47.3 Å². The molecule has 4 nitrogen and oxygen atoms in total. The fourth-order valence-electron chi connectivity index (χ4n) is 1.88. The summed E-state index contributed by atoms with van der Waals surface area (Å²) in [5, 5.41) is 14.5. The minimum absolute atomic E-state index is 0.0740. The molecule has 0 radical (unpaired) electrons. The van der Waals surface area contributed by atoms with Crippen LogP contribution >= 0.6 is 0 Å². The van der Waals surface area contributed by atoms with Gasteiger partial charge >= 0.3 is 0 Å². The van der Waals surface area contributed by atoms with Gasteiger partial charge in [-0.2, -0.15) is 5.10 Å². The van der Waals surface area contributed by atoms with E-state index in [2.05, 4.69) is 5.10 Å². The monoisotopic (exact) mass is 246 g/mol. The van der Waals surface area contributed by atoms with Gasteiger partial charge in [0.05, 0.1) is 11.8 Å². The molecule has 0 saturated carbocycles. The first-order valence-electron chi connectivity index (χ1n) is 6.01. The molecule has 18 heavy (non-hydrogen) atoms. The van der Waals surface area contributed by atoms with Crippen molar-refractivity contribution in [3.63, 3.8) is 0 Å². The highest BCUT2D eigenvalue weighted by molar-refractivity contribution is 5.38. The molecule has 96 valence electrons. The molecule has 4 heteroatoms. The third-order valence-corrected chi connectivity index (χ3v) is 2.72. The van der Waals surface area contributed by atoms with E-state index in [1.807, 2.05) is 45.2 Å². The van der Waals surface area contributed by atoms with Crippen molar-refractivity contribution in [2.75, 3.05) is 0 Å². The van der Waals surface area contributed by atoms with Crippen molar-refractivity contribution in [1.82, 2.24) is 9.78 Å². The van der Waals surface area contributed by atoms with Crippen molar-refractivity contribution in [3.05, 3.63) is 47.8 Å². The van der Waals surface area contributed by atoms with Gasteiger partial charge in [0.15, 0.2) is 0 Å². The SMILES string of the molecule is CC(C)Oc1ccccc1C(O)c1ccnn1C. The van der Waals surface area contributed by atoms with E-state index in [1.165, 1.54) is 0 Å². The van der Waals surface area contributed by atoms with Gasteiger partial charge in [-0.25, -0.2) is 0 Å². The summed E-state index contributed by atoms with van der Waals surface area (Å²) in [5.41, 5.74) is 1.50. The lowest BCUT2D eigenvalue weighted by Gasteiger charge is -2.18. The molecule has 0 amide bonds. The molecule has 1 heterocycles. The Morgan fingerprint density at radius 2 is 1.94 bits per heavy atom. The van der Waals surface area contributed by atoms with E-state index in [1.54, 1.807) is 16.9 Å². The number of para-hydroxylation sites is 1. The third-order valence-electron chi connectivity index (χ3n) is 2.72. The van der Waals surface area contributed by atoms with E-state index in [0.29, 0.717) is 5.75 Å². The molecule has 1 aromatic carbocycles. The van der Waals surface area contributed by atoms with Gasteiger partial charge in [0.1, 0.15) is 11.9 Å². The van der Waals surface area contributed by atoms with Crippen molar-refractivity contribution < 1.29 is 9.84 Å². The fraction of sp³-hybridized carbons (Fsp3) is 0.357. The number of hydrogen-bond donors (Lipinski definition) is 1. The molecule has 0 aliphatic heterocycles. The van der Waals surface area contributed by atoms with Crippen molar-refractivity contribution in [1.29, 1.82) is 0 Å². The summed E-state index contributed by atoms with van der Waals surface area (Å²) in [4.78, 5) is 0. The Balaban J connectivity index is 2.36. The van der Waals surface area contributed by atoms with Gasteiger partial charge in [-0.3, -0.25) is 4.68 Å². The summed E-state index contributed by atoms with van der Waals surface area (Å²) in [6, 6.07) is 9.33. The zero-order chi connectivity index (χ0) is 13.1.